The Balaban J connectivity index is 1.85. The monoisotopic (exact) mass is 294 g/mol. The zero-order valence-corrected chi connectivity index (χ0v) is 12.4. The summed E-state index contributed by atoms with van der Waals surface area (Å²) in [6, 6.07) is 1.89. The van der Waals surface area contributed by atoms with Crippen LogP contribution in [0.2, 0.25) is 0 Å². The molecule has 2 saturated heterocycles. The Hall–Kier alpha value is -1.40. The van der Waals surface area contributed by atoms with Crippen LogP contribution in [0, 0.1) is 12.8 Å². The van der Waals surface area contributed by atoms with Crippen molar-refractivity contribution in [3.05, 3.63) is 21.9 Å². The molecule has 2 fully saturated rings. The third-order valence-electron chi connectivity index (χ3n) is 4.23. The van der Waals surface area contributed by atoms with Gasteiger partial charge in [0.05, 0.1) is 23.6 Å². The zero-order chi connectivity index (χ0) is 14.3. The van der Waals surface area contributed by atoms with Gasteiger partial charge in [0, 0.05) is 25.1 Å². The number of rotatable bonds is 2. The fourth-order valence-electron chi connectivity index (χ4n) is 3.18. The molecule has 0 bridgehead atoms. The number of carbonyl (C=O) groups is 2. The van der Waals surface area contributed by atoms with E-state index in [4.69, 9.17) is 4.74 Å². The summed E-state index contributed by atoms with van der Waals surface area (Å²) in [5.74, 6) is -0.273. The van der Waals surface area contributed by atoms with Crippen LogP contribution >= 0.6 is 11.3 Å². The highest BCUT2D eigenvalue weighted by Gasteiger charge is 2.50. The second kappa shape index (κ2) is 5.18. The molecule has 0 unspecified atom stereocenters. The van der Waals surface area contributed by atoms with Crippen molar-refractivity contribution in [3.63, 3.8) is 0 Å². The van der Waals surface area contributed by atoms with Gasteiger partial charge in [-0.3, -0.25) is 9.59 Å². The number of thiophene rings is 1. The minimum Gasteiger partial charge on any atom is -0.375 e. The van der Waals surface area contributed by atoms with Gasteiger partial charge in [-0.15, -0.1) is 11.3 Å². The van der Waals surface area contributed by atoms with Gasteiger partial charge in [0.25, 0.3) is 5.91 Å². The molecule has 2 aliphatic rings. The van der Waals surface area contributed by atoms with Gasteiger partial charge in [-0.2, -0.15) is 0 Å². The van der Waals surface area contributed by atoms with E-state index in [1.807, 2.05) is 23.3 Å². The largest absolute Gasteiger partial charge is 0.375 e. The van der Waals surface area contributed by atoms with Crippen LogP contribution in [0.25, 0.3) is 0 Å². The number of aryl methyl sites for hydroxylation is 1. The summed E-state index contributed by atoms with van der Waals surface area (Å²) in [5, 5.41) is 4.60. The molecule has 6 heteroatoms. The van der Waals surface area contributed by atoms with Crippen LogP contribution in [-0.2, 0) is 9.53 Å². The zero-order valence-electron chi connectivity index (χ0n) is 11.6. The fourth-order valence-corrected chi connectivity index (χ4v) is 3.87. The van der Waals surface area contributed by atoms with Gasteiger partial charge >= 0.3 is 0 Å². The molecule has 2 amide bonds. The predicted molar refractivity (Wildman–Crippen MR) is 75.8 cm³/mol. The molecule has 0 saturated carbocycles. The topological polar surface area (TPSA) is 58.6 Å². The first-order valence-electron chi connectivity index (χ1n) is 6.81. The van der Waals surface area contributed by atoms with E-state index in [1.165, 1.54) is 0 Å². The van der Waals surface area contributed by atoms with Crippen LogP contribution in [0.15, 0.2) is 11.4 Å². The van der Waals surface area contributed by atoms with Crippen LogP contribution in [0.3, 0.4) is 0 Å². The van der Waals surface area contributed by atoms with Gasteiger partial charge in [0.15, 0.2) is 0 Å². The van der Waals surface area contributed by atoms with Crippen LogP contribution < -0.4 is 5.32 Å². The first-order valence-corrected chi connectivity index (χ1v) is 7.69. The summed E-state index contributed by atoms with van der Waals surface area (Å²) in [6.07, 6.45) is 0.658. The van der Waals surface area contributed by atoms with Crippen molar-refractivity contribution in [3.8, 4) is 0 Å². The fraction of sp³-hybridized carbons (Fsp3) is 0.571. The van der Waals surface area contributed by atoms with Crippen LogP contribution in [0.5, 0.6) is 0 Å². The minimum atomic E-state index is -0.254. The number of nitrogens with zero attached hydrogens (tertiary/aromatic N) is 1. The van der Waals surface area contributed by atoms with Crippen molar-refractivity contribution in [2.75, 3.05) is 20.2 Å². The van der Waals surface area contributed by atoms with Crippen molar-refractivity contribution in [1.82, 2.24) is 10.2 Å². The van der Waals surface area contributed by atoms with Gasteiger partial charge in [0.2, 0.25) is 5.91 Å². The van der Waals surface area contributed by atoms with Crippen LogP contribution in [0.1, 0.15) is 21.7 Å². The third-order valence-corrected chi connectivity index (χ3v) is 5.07. The molecular formula is C14H18N2O3S. The van der Waals surface area contributed by atoms with Crippen LogP contribution in [0.4, 0.5) is 0 Å². The highest BCUT2D eigenvalue weighted by molar-refractivity contribution is 7.10. The van der Waals surface area contributed by atoms with E-state index in [0.717, 1.165) is 16.9 Å². The molecular weight excluding hydrogens is 276 g/mol. The molecule has 5 nitrogen and oxygen atoms in total. The smallest absolute Gasteiger partial charge is 0.255 e. The van der Waals surface area contributed by atoms with Gasteiger partial charge in [-0.1, -0.05) is 0 Å². The van der Waals surface area contributed by atoms with E-state index in [1.54, 1.807) is 18.4 Å². The number of fused-ring (bicyclic) bond motifs is 1. The number of hydrogen-bond acceptors (Lipinski definition) is 4. The van der Waals surface area contributed by atoms with E-state index in [2.05, 4.69) is 5.32 Å². The van der Waals surface area contributed by atoms with Gasteiger partial charge in [-0.25, -0.2) is 0 Å². The first kappa shape index (κ1) is 13.6. The SMILES string of the molecule is CNC(=O)[C@H]1CN(C(=O)c2ccsc2C)[C@@H]2CCO[C@H]12. The van der Waals surface area contributed by atoms with Gasteiger partial charge in [0.1, 0.15) is 0 Å². The minimum absolute atomic E-state index is 0.0238. The maximum Gasteiger partial charge on any atom is 0.255 e. The molecule has 1 N–H and O–H groups in total. The Morgan fingerprint density at radius 2 is 2.30 bits per heavy atom. The quantitative estimate of drug-likeness (QED) is 0.886. The Morgan fingerprint density at radius 3 is 2.95 bits per heavy atom. The molecule has 3 atom stereocenters. The first-order chi connectivity index (χ1) is 9.63. The Morgan fingerprint density at radius 1 is 1.50 bits per heavy atom. The molecule has 3 rings (SSSR count). The molecule has 0 spiro atoms. The lowest BCUT2D eigenvalue weighted by Crippen LogP contribution is -2.37. The second-order valence-electron chi connectivity index (χ2n) is 5.26. The summed E-state index contributed by atoms with van der Waals surface area (Å²) in [6.45, 7) is 3.02. The second-order valence-corrected chi connectivity index (χ2v) is 6.38. The third kappa shape index (κ3) is 2.03. The number of likely N-dealkylation sites (tertiary alicyclic amines) is 1. The van der Waals surface area contributed by atoms with E-state index in [9.17, 15) is 9.59 Å². The lowest BCUT2D eigenvalue weighted by Gasteiger charge is -2.22. The summed E-state index contributed by atoms with van der Waals surface area (Å²) in [5.41, 5.74) is 0.748. The summed E-state index contributed by atoms with van der Waals surface area (Å²) >= 11 is 1.57. The normalized spacial score (nSPS) is 28.5. The Bertz CT molecular complexity index is 542. The highest BCUT2D eigenvalue weighted by atomic mass is 32.1. The highest BCUT2D eigenvalue weighted by Crippen LogP contribution is 2.35. The molecule has 108 valence electrons. The number of hydrogen-bond donors (Lipinski definition) is 1. The summed E-state index contributed by atoms with van der Waals surface area (Å²) in [7, 11) is 1.62. The molecule has 2 aliphatic heterocycles. The van der Waals surface area contributed by atoms with E-state index in [-0.39, 0.29) is 29.9 Å². The number of ether oxygens (including phenoxy) is 1. The van der Waals surface area contributed by atoms with Crippen molar-refractivity contribution in [2.45, 2.75) is 25.5 Å². The van der Waals surface area contributed by atoms with Gasteiger partial charge in [-0.05, 0) is 24.8 Å². The molecule has 1 aromatic rings. The molecule has 0 aromatic carbocycles. The van der Waals surface area contributed by atoms with E-state index < -0.39 is 0 Å². The van der Waals surface area contributed by atoms with Crippen molar-refractivity contribution in [2.24, 2.45) is 5.92 Å². The molecule has 0 aliphatic carbocycles. The molecule has 20 heavy (non-hydrogen) atoms. The summed E-state index contributed by atoms with van der Waals surface area (Å²) in [4.78, 5) is 27.5. The van der Waals surface area contributed by atoms with Crippen molar-refractivity contribution in [1.29, 1.82) is 0 Å². The number of nitrogens with one attached hydrogen (secondary N) is 1. The van der Waals surface area contributed by atoms with E-state index in [0.29, 0.717) is 13.2 Å². The maximum atomic E-state index is 12.7. The van der Waals surface area contributed by atoms with Crippen LogP contribution in [-0.4, -0.2) is 49.1 Å². The van der Waals surface area contributed by atoms with Crippen molar-refractivity contribution >= 4 is 23.2 Å². The Labute approximate surface area is 121 Å². The Kier molecular flexibility index (Phi) is 3.52. The number of carbonyl (C=O) groups excluding carboxylic acids is 2. The molecule has 1 aromatic heterocycles. The predicted octanol–water partition coefficient (Wildman–Crippen LogP) is 1.03. The average molecular weight is 294 g/mol. The number of amides is 2. The van der Waals surface area contributed by atoms with E-state index >= 15 is 0 Å². The molecule has 3 heterocycles. The lowest BCUT2D eigenvalue weighted by molar-refractivity contribution is -0.127. The maximum absolute atomic E-state index is 12.7. The standard InChI is InChI=1S/C14H18N2O3S/c1-8-9(4-6-20-8)14(18)16-7-10(13(17)15-2)12-11(16)3-5-19-12/h4,6,10-12H,3,5,7H2,1-2H3,(H,15,17)/t10-,11+,12+/m0/s1. The van der Waals surface area contributed by atoms with Crippen molar-refractivity contribution < 1.29 is 14.3 Å². The summed E-state index contributed by atoms with van der Waals surface area (Å²) < 4.78 is 5.69. The van der Waals surface area contributed by atoms with Gasteiger partial charge < -0.3 is 15.0 Å². The average Bonchev–Trinajstić information content (AvgIpc) is 3.12. The molecule has 0 radical (unpaired) electrons. The lowest BCUT2D eigenvalue weighted by atomic mass is 10.0.